The van der Waals surface area contributed by atoms with Crippen LogP contribution in [0.5, 0.6) is 5.88 Å². The molecule has 0 saturated heterocycles. The van der Waals surface area contributed by atoms with Gasteiger partial charge in [-0.1, -0.05) is 0 Å². The SMILES string of the molecule is COCCOc1cc(C)ccn1. The Morgan fingerprint density at radius 3 is 2.92 bits per heavy atom. The first-order valence-corrected chi connectivity index (χ1v) is 3.87. The normalized spacial score (nSPS) is 9.83. The molecule has 3 heteroatoms. The molecule has 0 radical (unpaired) electrons. The summed E-state index contributed by atoms with van der Waals surface area (Å²) in [5, 5.41) is 0. The predicted octanol–water partition coefficient (Wildman–Crippen LogP) is 1.42. The van der Waals surface area contributed by atoms with E-state index in [0.717, 1.165) is 5.56 Å². The van der Waals surface area contributed by atoms with Gasteiger partial charge in [0.2, 0.25) is 5.88 Å². The number of hydrogen-bond acceptors (Lipinski definition) is 3. The van der Waals surface area contributed by atoms with Crippen molar-refractivity contribution < 1.29 is 9.47 Å². The maximum atomic E-state index is 5.29. The average molecular weight is 167 g/mol. The van der Waals surface area contributed by atoms with Gasteiger partial charge in [-0.05, 0) is 18.6 Å². The third-order valence-electron chi connectivity index (χ3n) is 1.43. The van der Waals surface area contributed by atoms with Gasteiger partial charge in [0.1, 0.15) is 6.61 Å². The van der Waals surface area contributed by atoms with Crippen LogP contribution in [-0.2, 0) is 4.74 Å². The lowest BCUT2D eigenvalue weighted by atomic mass is 10.3. The van der Waals surface area contributed by atoms with Crippen molar-refractivity contribution in [3.8, 4) is 5.88 Å². The number of aromatic nitrogens is 1. The fourth-order valence-corrected chi connectivity index (χ4v) is 0.817. The molecule has 3 nitrogen and oxygen atoms in total. The second kappa shape index (κ2) is 4.72. The fourth-order valence-electron chi connectivity index (χ4n) is 0.817. The van der Waals surface area contributed by atoms with E-state index >= 15 is 0 Å². The number of nitrogens with zero attached hydrogens (tertiary/aromatic N) is 1. The van der Waals surface area contributed by atoms with E-state index in [2.05, 4.69) is 4.98 Å². The number of aryl methyl sites for hydroxylation is 1. The van der Waals surface area contributed by atoms with Crippen molar-refractivity contribution >= 4 is 0 Å². The summed E-state index contributed by atoms with van der Waals surface area (Å²) in [7, 11) is 1.65. The molecule has 12 heavy (non-hydrogen) atoms. The Morgan fingerprint density at radius 1 is 1.42 bits per heavy atom. The maximum absolute atomic E-state index is 5.29. The van der Waals surface area contributed by atoms with Crippen LogP contribution in [0.4, 0.5) is 0 Å². The van der Waals surface area contributed by atoms with Gasteiger partial charge in [0, 0.05) is 19.4 Å². The highest BCUT2D eigenvalue weighted by Gasteiger charge is 1.93. The van der Waals surface area contributed by atoms with Gasteiger partial charge in [-0.3, -0.25) is 0 Å². The highest BCUT2D eigenvalue weighted by molar-refractivity contribution is 5.18. The van der Waals surface area contributed by atoms with Crippen LogP contribution in [0.2, 0.25) is 0 Å². The Balaban J connectivity index is 2.41. The summed E-state index contributed by atoms with van der Waals surface area (Å²) in [6.07, 6.45) is 1.73. The molecular weight excluding hydrogens is 154 g/mol. The van der Waals surface area contributed by atoms with E-state index in [-0.39, 0.29) is 0 Å². The Bertz CT molecular complexity index is 238. The minimum atomic E-state index is 0.549. The molecule has 0 aromatic carbocycles. The van der Waals surface area contributed by atoms with E-state index in [1.165, 1.54) is 0 Å². The lowest BCUT2D eigenvalue weighted by Crippen LogP contribution is -2.05. The first kappa shape index (κ1) is 9.00. The van der Waals surface area contributed by atoms with E-state index in [1.54, 1.807) is 13.3 Å². The number of methoxy groups -OCH3 is 1. The van der Waals surface area contributed by atoms with Gasteiger partial charge in [-0.15, -0.1) is 0 Å². The molecule has 0 N–H and O–H groups in total. The van der Waals surface area contributed by atoms with E-state index < -0.39 is 0 Å². The molecule has 0 aliphatic carbocycles. The summed E-state index contributed by atoms with van der Waals surface area (Å²) in [6.45, 7) is 3.15. The standard InChI is InChI=1S/C9H13NO2/c1-8-3-4-10-9(7-8)12-6-5-11-2/h3-4,7H,5-6H2,1-2H3. The van der Waals surface area contributed by atoms with E-state index in [1.807, 2.05) is 19.1 Å². The molecule has 0 unspecified atom stereocenters. The quantitative estimate of drug-likeness (QED) is 0.635. The van der Waals surface area contributed by atoms with Gasteiger partial charge in [0.15, 0.2) is 0 Å². The lowest BCUT2D eigenvalue weighted by Gasteiger charge is -2.03. The Hall–Kier alpha value is -1.09. The minimum absolute atomic E-state index is 0.549. The number of hydrogen-bond donors (Lipinski definition) is 0. The lowest BCUT2D eigenvalue weighted by molar-refractivity contribution is 0.143. The highest BCUT2D eigenvalue weighted by Crippen LogP contribution is 2.07. The van der Waals surface area contributed by atoms with E-state index in [9.17, 15) is 0 Å². The van der Waals surface area contributed by atoms with Crippen molar-refractivity contribution in [2.24, 2.45) is 0 Å². The first-order valence-electron chi connectivity index (χ1n) is 3.87. The summed E-state index contributed by atoms with van der Waals surface area (Å²) >= 11 is 0. The van der Waals surface area contributed by atoms with Crippen molar-refractivity contribution in [1.29, 1.82) is 0 Å². The number of rotatable bonds is 4. The largest absolute Gasteiger partial charge is 0.475 e. The van der Waals surface area contributed by atoms with Crippen LogP contribution < -0.4 is 4.74 Å². The van der Waals surface area contributed by atoms with Gasteiger partial charge < -0.3 is 9.47 Å². The summed E-state index contributed by atoms with van der Waals surface area (Å²) in [4.78, 5) is 4.03. The van der Waals surface area contributed by atoms with Crippen LogP contribution in [0.25, 0.3) is 0 Å². The molecule has 1 rings (SSSR count). The van der Waals surface area contributed by atoms with Crippen molar-refractivity contribution in [3.63, 3.8) is 0 Å². The van der Waals surface area contributed by atoms with Crippen molar-refractivity contribution in [1.82, 2.24) is 4.98 Å². The molecule has 0 aliphatic rings. The molecule has 0 aliphatic heterocycles. The molecule has 1 aromatic rings. The molecule has 0 bridgehead atoms. The smallest absolute Gasteiger partial charge is 0.213 e. The Labute approximate surface area is 72.3 Å². The fraction of sp³-hybridized carbons (Fsp3) is 0.444. The van der Waals surface area contributed by atoms with Crippen LogP contribution in [0, 0.1) is 6.92 Å². The van der Waals surface area contributed by atoms with E-state index in [0.29, 0.717) is 19.1 Å². The minimum Gasteiger partial charge on any atom is -0.475 e. The summed E-state index contributed by atoms with van der Waals surface area (Å²) in [6, 6.07) is 3.83. The van der Waals surface area contributed by atoms with Gasteiger partial charge >= 0.3 is 0 Å². The van der Waals surface area contributed by atoms with Gasteiger partial charge in [0.25, 0.3) is 0 Å². The zero-order valence-corrected chi connectivity index (χ0v) is 7.41. The third kappa shape index (κ3) is 2.88. The monoisotopic (exact) mass is 167 g/mol. The Morgan fingerprint density at radius 2 is 2.25 bits per heavy atom. The van der Waals surface area contributed by atoms with Gasteiger partial charge in [-0.2, -0.15) is 0 Å². The zero-order chi connectivity index (χ0) is 8.81. The Kier molecular flexibility index (Phi) is 3.54. The molecular formula is C9H13NO2. The third-order valence-corrected chi connectivity index (χ3v) is 1.43. The molecule has 0 spiro atoms. The summed E-state index contributed by atoms with van der Waals surface area (Å²) in [5.74, 6) is 0.659. The summed E-state index contributed by atoms with van der Waals surface area (Å²) < 4.78 is 10.1. The van der Waals surface area contributed by atoms with Crippen LogP contribution in [0.1, 0.15) is 5.56 Å². The molecule has 0 saturated carbocycles. The zero-order valence-electron chi connectivity index (χ0n) is 7.41. The molecule has 1 aromatic heterocycles. The molecule has 0 amide bonds. The van der Waals surface area contributed by atoms with E-state index in [4.69, 9.17) is 9.47 Å². The second-order valence-electron chi connectivity index (χ2n) is 2.51. The molecule has 66 valence electrons. The van der Waals surface area contributed by atoms with Gasteiger partial charge in [0.05, 0.1) is 6.61 Å². The number of ether oxygens (including phenoxy) is 2. The van der Waals surface area contributed by atoms with Crippen LogP contribution in [-0.4, -0.2) is 25.3 Å². The molecule has 1 heterocycles. The second-order valence-corrected chi connectivity index (χ2v) is 2.51. The molecule has 0 atom stereocenters. The number of pyridine rings is 1. The van der Waals surface area contributed by atoms with Crippen molar-refractivity contribution in [2.45, 2.75) is 6.92 Å². The summed E-state index contributed by atoms with van der Waals surface area (Å²) in [5.41, 5.74) is 1.15. The van der Waals surface area contributed by atoms with Crippen molar-refractivity contribution in [3.05, 3.63) is 23.9 Å². The predicted molar refractivity (Wildman–Crippen MR) is 46.3 cm³/mol. The topological polar surface area (TPSA) is 31.4 Å². The van der Waals surface area contributed by atoms with Crippen LogP contribution in [0.15, 0.2) is 18.3 Å². The average Bonchev–Trinajstić information content (AvgIpc) is 2.05. The van der Waals surface area contributed by atoms with Gasteiger partial charge in [-0.25, -0.2) is 4.98 Å². The highest BCUT2D eigenvalue weighted by atomic mass is 16.5. The maximum Gasteiger partial charge on any atom is 0.213 e. The van der Waals surface area contributed by atoms with Crippen LogP contribution in [0.3, 0.4) is 0 Å². The van der Waals surface area contributed by atoms with Crippen molar-refractivity contribution in [2.75, 3.05) is 20.3 Å². The first-order chi connectivity index (χ1) is 5.83. The van der Waals surface area contributed by atoms with Crippen LogP contribution >= 0.6 is 0 Å². The molecule has 0 fully saturated rings.